The standard InChI is InChI=1S/C20H28N6O/c1-3-13(2)26-18(14-6-7-14)16(11-23-26)19(27)25-10-4-5-15(12-25)17-8-9-22-20(21)24-17/h8-9,11,13-15H,3-7,10,12H2,1-2H3,(H2,21,22,24). The van der Waals surface area contributed by atoms with Crippen LogP contribution in [0.1, 0.15) is 85.6 Å². The predicted octanol–water partition coefficient (Wildman–Crippen LogP) is 3.12. The number of anilines is 1. The molecule has 2 atom stereocenters. The zero-order chi connectivity index (χ0) is 19.0. The van der Waals surface area contributed by atoms with E-state index >= 15 is 0 Å². The first-order valence-electron chi connectivity index (χ1n) is 10.0. The molecule has 0 aromatic carbocycles. The van der Waals surface area contributed by atoms with Gasteiger partial charge in [0.25, 0.3) is 5.91 Å². The lowest BCUT2D eigenvalue weighted by molar-refractivity contribution is 0.0704. The monoisotopic (exact) mass is 368 g/mol. The molecule has 1 saturated carbocycles. The largest absolute Gasteiger partial charge is 0.368 e. The summed E-state index contributed by atoms with van der Waals surface area (Å²) in [6, 6.07) is 2.23. The van der Waals surface area contributed by atoms with E-state index in [9.17, 15) is 4.79 Å². The van der Waals surface area contributed by atoms with E-state index in [2.05, 4.69) is 33.6 Å². The summed E-state index contributed by atoms with van der Waals surface area (Å²) >= 11 is 0. The van der Waals surface area contributed by atoms with Crippen molar-refractivity contribution in [1.82, 2.24) is 24.6 Å². The van der Waals surface area contributed by atoms with Crippen LogP contribution in [-0.4, -0.2) is 43.6 Å². The molecule has 2 aliphatic rings. The Morgan fingerprint density at radius 3 is 2.85 bits per heavy atom. The number of aromatic nitrogens is 4. The maximum atomic E-state index is 13.3. The second-order valence-corrected chi connectivity index (χ2v) is 7.85. The molecule has 2 aromatic heterocycles. The first-order valence-corrected chi connectivity index (χ1v) is 10.0. The van der Waals surface area contributed by atoms with Gasteiger partial charge in [-0.2, -0.15) is 5.10 Å². The summed E-state index contributed by atoms with van der Waals surface area (Å²) in [4.78, 5) is 23.7. The molecular formula is C20H28N6O. The van der Waals surface area contributed by atoms with E-state index in [-0.39, 0.29) is 11.8 Å². The summed E-state index contributed by atoms with van der Waals surface area (Å²) in [6.07, 6.45) is 8.79. The maximum Gasteiger partial charge on any atom is 0.257 e. The van der Waals surface area contributed by atoms with Crippen LogP contribution in [0.25, 0.3) is 0 Å². The molecule has 4 rings (SSSR count). The highest BCUT2D eigenvalue weighted by molar-refractivity contribution is 5.95. The first kappa shape index (κ1) is 17.9. The minimum absolute atomic E-state index is 0.109. The normalized spacial score (nSPS) is 21.3. The topological polar surface area (TPSA) is 89.9 Å². The van der Waals surface area contributed by atoms with Gasteiger partial charge in [-0.15, -0.1) is 0 Å². The van der Waals surface area contributed by atoms with E-state index in [1.807, 2.05) is 11.0 Å². The summed E-state index contributed by atoms with van der Waals surface area (Å²) in [5.74, 6) is 1.10. The van der Waals surface area contributed by atoms with Gasteiger partial charge in [-0.05, 0) is 45.1 Å². The lowest BCUT2D eigenvalue weighted by Gasteiger charge is -2.32. The van der Waals surface area contributed by atoms with Gasteiger partial charge in [0, 0.05) is 37.2 Å². The Bertz CT molecular complexity index is 828. The number of carbonyl (C=O) groups excluding carboxylic acids is 1. The number of piperidine rings is 1. The van der Waals surface area contributed by atoms with Crippen LogP contribution < -0.4 is 5.73 Å². The molecule has 3 heterocycles. The molecule has 144 valence electrons. The smallest absolute Gasteiger partial charge is 0.257 e. The van der Waals surface area contributed by atoms with Crippen LogP contribution in [0.15, 0.2) is 18.5 Å². The third-order valence-electron chi connectivity index (χ3n) is 5.86. The fourth-order valence-corrected chi connectivity index (χ4v) is 4.01. The zero-order valence-electron chi connectivity index (χ0n) is 16.1. The molecule has 2 unspecified atom stereocenters. The Hall–Kier alpha value is -2.44. The predicted molar refractivity (Wildman–Crippen MR) is 104 cm³/mol. The highest BCUT2D eigenvalue weighted by atomic mass is 16.2. The van der Waals surface area contributed by atoms with E-state index in [1.165, 1.54) is 0 Å². The highest BCUT2D eigenvalue weighted by Crippen LogP contribution is 2.43. The average Bonchev–Trinajstić information content (AvgIpc) is 3.44. The zero-order valence-corrected chi connectivity index (χ0v) is 16.1. The Morgan fingerprint density at radius 1 is 1.33 bits per heavy atom. The molecule has 2 fully saturated rings. The van der Waals surface area contributed by atoms with Gasteiger partial charge in [-0.3, -0.25) is 9.48 Å². The molecule has 1 saturated heterocycles. The van der Waals surface area contributed by atoms with Crippen LogP contribution in [-0.2, 0) is 0 Å². The average molecular weight is 368 g/mol. The fourth-order valence-electron chi connectivity index (χ4n) is 4.01. The molecule has 2 N–H and O–H groups in total. The van der Waals surface area contributed by atoms with E-state index < -0.39 is 0 Å². The molecule has 1 aliphatic heterocycles. The number of carbonyl (C=O) groups is 1. The van der Waals surface area contributed by atoms with Crippen molar-refractivity contribution < 1.29 is 4.79 Å². The Labute approximate surface area is 160 Å². The minimum atomic E-state index is 0.109. The number of amides is 1. The molecule has 0 bridgehead atoms. The lowest BCUT2D eigenvalue weighted by Crippen LogP contribution is -2.39. The molecule has 2 aromatic rings. The third-order valence-corrected chi connectivity index (χ3v) is 5.86. The van der Waals surface area contributed by atoms with Crippen molar-refractivity contribution in [3.8, 4) is 0 Å². The van der Waals surface area contributed by atoms with Crippen LogP contribution >= 0.6 is 0 Å². The van der Waals surface area contributed by atoms with Crippen molar-refractivity contribution in [2.24, 2.45) is 0 Å². The van der Waals surface area contributed by atoms with E-state index in [4.69, 9.17) is 5.73 Å². The van der Waals surface area contributed by atoms with Crippen molar-refractivity contribution in [2.75, 3.05) is 18.8 Å². The lowest BCUT2D eigenvalue weighted by atomic mass is 9.94. The summed E-state index contributed by atoms with van der Waals surface area (Å²) in [7, 11) is 0. The van der Waals surface area contributed by atoms with Gasteiger partial charge in [0.05, 0.1) is 23.1 Å². The van der Waals surface area contributed by atoms with E-state index in [0.29, 0.717) is 24.5 Å². The fraction of sp³-hybridized carbons (Fsp3) is 0.600. The van der Waals surface area contributed by atoms with Gasteiger partial charge in [-0.1, -0.05) is 6.92 Å². The second-order valence-electron chi connectivity index (χ2n) is 7.85. The number of nitrogen functional groups attached to an aromatic ring is 1. The quantitative estimate of drug-likeness (QED) is 0.876. The van der Waals surface area contributed by atoms with Gasteiger partial charge in [-0.25, -0.2) is 9.97 Å². The number of nitrogens with zero attached hydrogens (tertiary/aromatic N) is 5. The van der Waals surface area contributed by atoms with Crippen LogP contribution in [0, 0.1) is 0 Å². The molecule has 7 heteroatoms. The van der Waals surface area contributed by atoms with Crippen LogP contribution in [0.4, 0.5) is 5.95 Å². The Morgan fingerprint density at radius 2 is 2.15 bits per heavy atom. The van der Waals surface area contributed by atoms with Crippen molar-refractivity contribution in [3.05, 3.63) is 35.4 Å². The molecular weight excluding hydrogens is 340 g/mol. The second kappa shape index (κ2) is 7.29. The van der Waals surface area contributed by atoms with Crippen molar-refractivity contribution >= 4 is 11.9 Å². The minimum Gasteiger partial charge on any atom is -0.368 e. The number of hydrogen-bond donors (Lipinski definition) is 1. The van der Waals surface area contributed by atoms with Gasteiger partial charge in [0.15, 0.2) is 0 Å². The number of hydrogen-bond acceptors (Lipinski definition) is 5. The van der Waals surface area contributed by atoms with Crippen molar-refractivity contribution in [2.45, 2.75) is 63.8 Å². The van der Waals surface area contributed by atoms with Gasteiger partial charge in [0.2, 0.25) is 5.95 Å². The van der Waals surface area contributed by atoms with E-state index in [1.54, 1.807) is 12.4 Å². The maximum absolute atomic E-state index is 13.3. The van der Waals surface area contributed by atoms with Gasteiger partial charge < -0.3 is 10.6 Å². The molecule has 7 nitrogen and oxygen atoms in total. The van der Waals surface area contributed by atoms with Crippen molar-refractivity contribution in [3.63, 3.8) is 0 Å². The number of rotatable bonds is 5. The molecule has 27 heavy (non-hydrogen) atoms. The van der Waals surface area contributed by atoms with Gasteiger partial charge >= 0.3 is 0 Å². The number of likely N-dealkylation sites (tertiary alicyclic amines) is 1. The summed E-state index contributed by atoms with van der Waals surface area (Å²) < 4.78 is 2.08. The molecule has 1 amide bonds. The Balaban J connectivity index is 1.57. The Kier molecular flexibility index (Phi) is 4.85. The molecule has 0 spiro atoms. The summed E-state index contributed by atoms with van der Waals surface area (Å²) in [6.45, 7) is 5.79. The van der Waals surface area contributed by atoms with Crippen molar-refractivity contribution in [1.29, 1.82) is 0 Å². The van der Waals surface area contributed by atoms with E-state index in [0.717, 1.165) is 55.6 Å². The van der Waals surface area contributed by atoms with Crippen LogP contribution in [0.5, 0.6) is 0 Å². The highest BCUT2D eigenvalue weighted by Gasteiger charge is 2.35. The van der Waals surface area contributed by atoms with Gasteiger partial charge in [0.1, 0.15) is 0 Å². The summed E-state index contributed by atoms with van der Waals surface area (Å²) in [5, 5.41) is 4.58. The van der Waals surface area contributed by atoms with Crippen LogP contribution in [0.3, 0.4) is 0 Å². The SMILES string of the molecule is CCC(C)n1ncc(C(=O)N2CCCC(c3ccnc(N)n3)C2)c1C1CC1. The first-order chi connectivity index (χ1) is 13.1. The third kappa shape index (κ3) is 3.55. The molecule has 0 radical (unpaired) electrons. The molecule has 1 aliphatic carbocycles. The van der Waals surface area contributed by atoms with Crippen LogP contribution in [0.2, 0.25) is 0 Å². The summed E-state index contributed by atoms with van der Waals surface area (Å²) in [5.41, 5.74) is 8.60. The number of nitrogens with two attached hydrogens (primary N) is 1.